The third-order valence-electron chi connectivity index (χ3n) is 13.6. The van der Waals surface area contributed by atoms with Gasteiger partial charge in [-0.3, -0.25) is 14.5 Å². The zero-order chi connectivity index (χ0) is 40.6. The molecule has 1 saturated carbocycles. The molecule has 310 valence electrons. The Morgan fingerprint density at radius 1 is 1.07 bits per heavy atom. The Labute approximate surface area is 345 Å². The minimum atomic E-state index is -0.777. The first-order chi connectivity index (χ1) is 27.5. The number of rotatable bonds is 7. The third-order valence-corrected chi connectivity index (χ3v) is 15.3. The molecule has 13 heteroatoms. The highest BCUT2D eigenvalue weighted by Gasteiger charge is 2.73. The van der Waals surface area contributed by atoms with Crippen molar-refractivity contribution in [3.63, 3.8) is 0 Å². The number of nitrogens with zero attached hydrogens (tertiary/aromatic N) is 3. The van der Waals surface area contributed by atoms with Gasteiger partial charge in [-0.15, -0.1) is 0 Å². The predicted molar refractivity (Wildman–Crippen MR) is 229 cm³/mol. The molecule has 57 heavy (non-hydrogen) atoms. The topological polar surface area (TPSA) is 117 Å². The molecule has 1 aliphatic carbocycles. The summed E-state index contributed by atoms with van der Waals surface area (Å²) in [6.45, 7) is 7.30. The van der Waals surface area contributed by atoms with Gasteiger partial charge < -0.3 is 38.8 Å². The Morgan fingerprint density at radius 3 is 2.58 bits per heavy atom. The molecule has 2 N–H and O–H groups in total. The zero-order valence-corrected chi connectivity index (χ0v) is 36.3. The van der Waals surface area contributed by atoms with Gasteiger partial charge in [-0.1, -0.05) is 46.7 Å². The molecule has 2 fully saturated rings. The molecule has 1 spiro atoms. The molecule has 1 aromatic heterocycles. The maximum Gasteiger partial charge on any atom is 0.314 e. The summed E-state index contributed by atoms with van der Waals surface area (Å²) in [4.78, 5) is 36.5. The lowest BCUT2D eigenvalue weighted by atomic mass is 9.51. The Bertz CT molecular complexity index is 1970. The summed E-state index contributed by atoms with van der Waals surface area (Å²) in [6.07, 6.45) is 10.7. The van der Waals surface area contributed by atoms with Crippen LogP contribution in [0.15, 0.2) is 53.4 Å². The highest BCUT2D eigenvalue weighted by atomic mass is 33.1. The molecule has 0 amide bonds. The second-order valence-electron chi connectivity index (χ2n) is 16.4. The Hall–Kier alpha value is -3.20. The predicted octanol–water partition coefficient (Wildman–Crippen LogP) is 6.57. The van der Waals surface area contributed by atoms with Crippen molar-refractivity contribution in [2.75, 3.05) is 72.8 Å². The van der Waals surface area contributed by atoms with Gasteiger partial charge in [-0.05, 0) is 93.8 Å². The number of aromatic nitrogens is 1. The first-order valence-electron chi connectivity index (χ1n) is 20.3. The van der Waals surface area contributed by atoms with E-state index in [9.17, 15) is 14.7 Å². The normalized spacial score (nSPS) is 30.9. The fourth-order valence-electron chi connectivity index (χ4n) is 11.2. The number of hydrogen-bond donors (Lipinski definition) is 2. The maximum atomic E-state index is 12.6. The fourth-order valence-corrected chi connectivity index (χ4v) is 12.6. The molecule has 5 aliphatic rings. The van der Waals surface area contributed by atoms with Gasteiger partial charge in [0.1, 0.15) is 18.0 Å². The largest absolute Gasteiger partial charge is 0.497 e. The first-order valence-corrected chi connectivity index (χ1v) is 22.9. The standard InChI is InChI=1S/C23H30N2O4.C21H30N2O3S2/c1-5-22-9-6-11-25-12-10-23(21(22)25)16-8-7-15(28-4)13-17(16)24(3)19(23)18(27)20(22)29-14(2)26;1-23-11-10-16-18-12-15(28-27-4)8-9-19(18)22-20(16)17(21(24)26-3)7-5-6-14(13-23)25-2/h6-9,13,18-21,27H,5,10-12H2,1-4H3;8-9,12,14,17,22H,5-7,10-11,13H2,1-4H3/t18?,19?,20?,21?,22-,23?;/m0./s1. The van der Waals surface area contributed by atoms with Crippen LogP contribution >= 0.6 is 21.6 Å². The zero-order valence-electron chi connectivity index (χ0n) is 34.7. The van der Waals surface area contributed by atoms with Crippen LogP contribution in [0.25, 0.3) is 10.9 Å². The molecular formula is C44H60N4O7S2. The van der Waals surface area contributed by atoms with Crippen LogP contribution in [0.2, 0.25) is 0 Å². The highest BCUT2D eigenvalue weighted by molar-refractivity contribution is 8.76. The number of likely N-dealkylation sites (N-methyl/N-ethyl adjacent to an activating group) is 2. The van der Waals surface area contributed by atoms with E-state index < -0.39 is 17.6 Å². The van der Waals surface area contributed by atoms with E-state index in [4.69, 9.17) is 18.9 Å². The monoisotopic (exact) mass is 820 g/mol. The van der Waals surface area contributed by atoms with Crippen molar-refractivity contribution in [2.45, 2.75) is 99.0 Å². The van der Waals surface area contributed by atoms with Crippen LogP contribution in [0.3, 0.4) is 0 Å². The second kappa shape index (κ2) is 17.2. The third kappa shape index (κ3) is 7.28. The van der Waals surface area contributed by atoms with E-state index >= 15 is 0 Å². The Morgan fingerprint density at radius 2 is 1.88 bits per heavy atom. The lowest BCUT2D eigenvalue weighted by Crippen LogP contribution is -2.74. The summed E-state index contributed by atoms with van der Waals surface area (Å²) in [5.74, 6) is 0.0626. The van der Waals surface area contributed by atoms with Crippen LogP contribution in [0.1, 0.15) is 68.7 Å². The average Bonchev–Trinajstić information content (AvgIpc) is 3.85. The number of anilines is 1. The van der Waals surface area contributed by atoms with Crippen molar-refractivity contribution in [2.24, 2.45) is 5.41 Å². The van der Waals surface area contributed by atoms with E-state index in [0.717, 1.165) is 87.4 Å². The molecule has 11 nitrogen and oxygen atoms in total. The number of nitrogens with one attached hydrogen (secondary N) is 1. The molecule has 7 unspecified atom stereocenters. The summed E-state index contributed by atoms with van der Waals surface area (Å²) in [5.41, 5.74) is 5.16. The molecular weight excluding hydrogens is 761 g/mol. The number of fused-ring (bicyclic) bond motifs is 4. The van der Waals surface area contributed by atoms with Crippen LogP contribution in [0, 0.1) is 5.41 Å². The van der Waals surface area contributed by atoms with Gasteiger partial charge in [0, 0.05) is 90.8 Å². The van der Waals surface area contributed by atoms with Crippen molar-refractivity contribution in [3.8, 4) is 5.75 Å². The Kier molecular flexibility index (Phi) is 12.6. The number of carbonyl (C=O) groups excluding carboxylic acids is 2. The van der Waals surface area contributed by atoms with Gasteiger partial charge in [0.15, 0.2) is 0 Å². The first kappa shape index (κ1) is 41.9. The van der Waals surface area contributed by atoms with Gasteiger partial charge in [-0.25, -0.2) is 0 Å². The van der Waals surface area contributed by atoms with Gasteiger partial charge in [0.2, 0.25) is 0 Å². The number of carbonyl (C=O) groups is 2. The highest BCUT2D eigenvalue weighted by Crippen LogP contribution is 2.65. The van der Waals surface area contributed by atoms with E-state index in [2.05, 4.69) is 82.4 Å². The molecule has 2 aromatic carbocycles. The number of H-pyrrole nitrogens is 1. The fraction of sp³-hybridized carbons (Fsp3) is 0.591. The van der Waals surface area contributed by atoms with Gasteiger partial charge in [0.25, 0.3) is 0 Å². The molecule has 3 aromatic rings. The van der Waals surface area contributed by atoms with E-state index in [1.165, 1.54) is 35.4 Å². The Balaban J connectivity index is 0.000000174. The summed E-state index contributed by atoms with van der Waals surface area (Å²) < 4.78 is 22.2. The van der Waals surface area contributed by atoms with Crippen molar-refractivity contribution >= 4 is 50.1 Å². The number of aromatic amines is 1. The molecule has 8 atom stereocenters. The van der Waals surface area contributed by atoms with E-state index in [-0.39, 0.29) is 41.5 Å². The number of ether oxygens (including phenoxy) is 4. The molecule has 0 radical (unpaired) electrons. The smallest absolute Gasteiger partial charge is 0.314 e. The SMILES string of the molecule is CC[C@]12C=CCN3CCC4(c5ccc(OC)cc5N(C)C4C(O)C1OC(C)=O)C32.COC(=O)C1CCCC(OC)CN(C)CCc2c1[nH]c1ccc(SSC)cc21. The van der Waals surface area contributed by atoms with Crippen LogP contribution < -0.4 is 9.64 Å². The lowest BCUT2D eigenvalue weighted by molar-refractivity contribution is -0.184. The van der Waals surface area contributed by atoms with Crippen molar-refractivity contribution in [1.82, 2.24) is 14.8 Å². The van der Waals surface area contributed by atoms with E-state index in [1.54, 1.807) is 35.8 Å². The van der Waals surface area contributed by atoms with Crippen LogP contribution in [0.4, 0.5) is 5.69 Å². The number of aliphatic hydroxyl groups is 1. The molecule has 4 aliphatic heterocycles. The van der Waals surface area contributed by atoms with Gasteiger partial charge >= 0.3 is 11.9 Å². The minimum absolute atomic E-state index is 0.143. The van der Waals surface area contributed by atoms with Crippen molar-refractivity contribution in [3.05, 3.63) is 65.4 Å². The number of benzene rings is 2. The number of methoxy groups -OCH3 is 3. The number of aliphatic hydroxyl groups excluding tert-OH is 1. The van der Waals surface area contributed by atoms with Crippen molar-refractivity contribution < 1.29 is 33.6 Å². The number of esters is 2. The summed E-state index contributed by atoms with van der Waals surface area (Å²) in [7, 11) is 12.6. The van der Waals surface area contributed by atoms with E-state index in [1.807, 2.05) is 13.1 Å². The molecule has 0 bridgehead atoms. The van der Waals surface area contributed by atoms with Crippen molar-refractivity contribution in [1.29, 1.82) is 0 Å². The van der Waals surface area contributed by atoms with Gasteiger partial charge in [0.05, 0.1) is 32.3 Å². The lowest BCUT2D eigenvalue weighted by Gasteiger charge is -2.60. The average molecular weight is 821 g/mol. The minimum Gasteiger partial charge on any atom is -0.497 e. The quantitative estimate of drug-likeness (QED) is 0.153. The van der Waals surface area contributed by atoms with Crippen LogP contribution in [-0.2, 0) is 35.6 Å². The van der Waals surface area contributed by atoms with E-state index in [0.29, 0.717) is 0 Å². The summed E-state index contributed by atoms with van der Waals surface area (Å²) in [5, 5.41) is 12.9. The van der Waals surface area contributed by atoms with Crippen LogP contribution in [0.5, 0.6) is 5.75 Å². The maximum absolute atomic E-state index is 12.6. The second-order valence-corrected chi connectivity index (χ2v) is 18.8. The summed E-state index contributed by atoms with van der Waals surface area (Å²) >= 11 is 0. The van der Waals surface area contributed by atoms with Gasteiger partial charge in [-0.2, -0.15) is 0 Å². The van der Waals surface area contributed by atoms with Crippen LogP contribution in [-0.4, -0.2) is 130 Å². The molecule has 1 saturated heterocycles. The number of hydrogen-bond acceptors (Lipinski definition) is 12. The molecule has 8 rings (SSSR count). The summed E-state index contributed by atoms with van der Waals surface area (Å²) in [6, 6.07) is 12.8. The molecule has 5 heterocycles.